The van der Waals surface area contributed by atoms with E-state index in [2.05, 4.69) is 32.6 Å². The Labute approximate surface area is 112 Å². The maximum Gasteiger partial charge on any atom is 0.152 e. The van der Waals surface area contributed by atoms with Gasteiger partial charge in [0.25, 0.3) is 0 Å². The molecule has 0 spiro atoms. The Morgan fingerprint density at radius 3 is 2.44 bits per heavy atom. The zero-order valence-corrected chi connectivity index (χ0v) is 12.5. The zero-order valence-electron chi connectivity index (χ0n) is 12.5. The lowest BCUT2D eigenvalue weighted by Gasteiger charge is -2.38. The average molecular weight is 255 g/mol. The van der Waals surface area contributed by atoms with E-state index < -0.39 is 0 Å². The maximum atomic E-state index is 12.5. The van der Waals surface area contributed by atoms with Crippen LogP contribution in [-0.2, 0) is 9.53 Å². The minimum absolute atomic E-state index is 0.290. The molecule has 0 N–H and O–H groups in total. The van der Waals surface area contributed by atoms with Gasteiger partial charge in [-0.25, -0.2) is 0 Å². The third-order valence-corrected chi connectivity index (χ3v) is 4.47. The van der Waals surface area contributed by atoms with E-state index in [0.717, 1.165) is 45.4 Å². The summed E-state index contributed by atoms with van der Waals surface area (Å²) >= 11 is 0. The lowest BCUT2D eigenvalue weighted by molar-refractivity contribution is -0.131. The van der Waals surface area contributed by atoms with Gasteiger partial charge in [-0.15, -0.1) is 0 Å². The lowest BCUT2D eigenvalue weighted by Crippen LogP contribution is -2.52. The summed E-state index contributed by atoms with van der Waals surface area (Å²) in [6.07, 6.45) is 5.05. The van der Waals surface area contributed by atoms with Crippen molar-refractivity contribution in [2.75, 3.05) is 19.7 Å². The van der Waals surface area contributed by atoms with Crippen molar-refractivity contribution in [1.29, 1.82) is 0 Å². The number of rotatable bonds is 8. The van der Waals surface area contributed by atoms with E-state index in [1.54, 1.807) is 0 Å². The van der Waals surface area contributed by atoms with Crippen LogP contribution in [0.4, 0.5) is 0 Å². The van der Waals surface area contributed by atoms with Crippen molar-refractivity contribution in [3.63, 3.8) is 0 Å². The molecule has 0 radical (unpaired) electrons. The Morgan fingerprint density at radius 1 is 1.33 bits per heavy atom. The van der Waals surface area contributed by atoms with E-state index in [9.17, 15) is 4.79 Å². The first-order chi connectivity index (χ1) is 8.58. The smallest absolute Gasteiger partial charge is 0.152 e. The fourth-order valence-electron chi connectivity index (χ4n) is 2.95. The van der Waals surface area contributed by atoms with Gasteiger partial charge in [0, 0.05) is 13.0 Å². The monoisotopic (exact) mass is 255 g/mol. The van der Waals surface area contributed by atoms with Crippen LogP contribution in [0.1, 0.15) is 59.8 Å². The first kappa shape index (κ1) is 15.6. The minimum Gasteiger partial charge on any atom is -0.378 e. The Bertz CT molecular complexity index is 257. The molecule has 0 aromatic rings. The van der Waals surface area contributed by atoms with Crippen LogP contribution in [0.15, 0.2) is 0 Å². The number of Topliss-reactive ketones (excluding diaryl/α,β-unsaturated/α-hetero) is 1. The van der Waals surface area contributed by atoms with Crippen molar-refractivity contribution in [1.82, 2.24) is 4.90 Å². The van der Waals surface area contributed by atoms with Crippen molar-refractivity contribution in [2.24, 2.45) is 0 Å². The molecule has 0 saturated carbocycles. The SMILES string of the molecule is CCN(CC)C(C)(CC)C(=O)CCC1CCCO1. The van der Waals surface area contributed by atoms with Crippen LogP contribution >= 0.6 is 0 Å². The summed E-state index contributed by atoms with van der Waals surface area (Å²) in [5.41, 5.74) is -0.290. The van der Waals surface area contributed by atoms with Gasteiger partial charge in [0.05, 0.1) is 11.6 Å². The molecule has 1 rings (SSSR count). The molecule has 0 bridgehead atoms. The highest BCUT2D eigenvalue weighted by atomic mass is 16.5. The lowest BCUT2D eigenvalue weighted by atomic mass is 9.87. The highest BCUT2D eigenvalue weighted by molar-refractivity contribution is 5.87. The fraction of sp³-hybridized carbons (Fsp3) is 0.933. The van der Waals surface area contributed by atoms with Crippen LogP contribution < -0.4 is 0 Å². The summed E-state index contributed by atoms with van der Waals surface area (Å²) in [7, 11) is 0. The molecule has 3 nitrogen and oxygen atoms in total. The molecular formula is C15H29NO2. The molecule has 1 heterocycles. The number of carbonyl (C=O) groups excluding carboxylic acids is 1. The predicted octanol–water partition coefficient (Wildman–Crippen LogP) is 3.03. The van der Waals surface area contributed by atoms with Gasteiger partial charge >= 0.3 is 0 Å². The van der Waals surface area contributed by atoms with Crippen molar-refractivity contribution >= 4 is 5.78 Å². The van der Waals surface area contributed by atoms with E-state index in [-0.39, 0.29) is 5.54 Å². The Morgan fingerprint density at radius 2 is 2.00 bits per heavy atom. The van der Waals surface area contributed by atoms with Gasteiger partial charge in [0.1, 0.15) is 0 Å². The quantitative estimate of drug-likeness (QED) is 0.667. The molecule has 2 atom stereocenters. The van der Waals surface area contributed by atoms with Crippen LogP contribution in [0.25, 0.3) is 0 Å². The van der Waals surface area contributed by atoms with E-state index in [1.165, 1.54) is 0 Å². The number of likely N-dealkylation sites (N-methyl/N-ethyl adjacent to an activating group) is 1. The van der Waals surface area contributed by atoms with E-state index >= 15 is 0 Å². The molecule has 0 aliphatic carbocycles. The van der Waals surface area contributed by atoms with E-state index in [1.807, 2.05) is 0 Å². The maximum absolute atomic E-state index is 12.5. The normalized spacial score (nSPS) is 23.3. The molecule has 3 heteroatoms. The Balaban J connectivity index is 2.54. The molecule has 0 amide bonds. The van der Waals surface area contributed by atoms with Crippen molar-refractivity contribution in [3.8, 4) is 0 Å². The van der Waals surface area contributed by atoms with Crippen LogP contribution in [-0.4, -0.2) is 42.0 Å². The van der Waals surface area contributed by atoms with Gasteiger partial charge in [0.2, 0.25) is 0 Å². The van der Waals surface area contributed by atoms with Crippen molar-refractivity contribution < 1.29 is 9.53 Å². The van der Waals surface area contributed by atoms with Gasteiger partial charge in [-0.1, -0.05) is 20.8 Å². The van der Waals surface area contributed by atoms with E-state index in [4.69, 9.17) is 4.74 Å². The second-order valence-corrected chi connectivity index (χ2v) is 5.40. The average Bonchev–Trinajstić information content (AvgIpc) is 2.90. The molecule has 2 unspecified atom stereocenters. The standard InChI is InChI=1S/C15H29NO2/c1-5-15(4,16(6-2)7-3)14(17)11-10-13-9-8-12-18-13/h13H,5-12H2,1-4H3. The second kappa shape index (κ2) is 7.25. The van der Waals surface area contributed by atoms with Gasteiger partial charge < -0.3 is 4.74 Å². The molecule has 1 fully saturated rings. The number of hydrogen-bond acceptors (Lipinski definition) is 3. The zero-order chi connectivity index (χ0) is 13.6. The van der Waals surface area contributed by atoms with E-state index in [0.29, 0.717) is 18.3 Å². The minimum atomic E-state index is -0.290. The van der Waals surface area contributed by atoms with Gasteiger partial charge in [-0.05, 0) is 45.7 Å². The molecule has 18 heavy (non-hydrogen) atoms. The summed E-state index contributed by atoms with van der Waals surface area (Å²) in [5, 5.41) is 0. The number of nitrogens with zero attached hydrogens (tertiary/aromatic N) is 1. The second-order valence-electron chi connectivity index (χ2n) is 5.40. The summed E-state index contributed by atoms with van der Waals surface area (Å²) in [6.45, 7) is 11.2. The number of ketones is 1. The molecular weight excluding hydrogens is 226 g/mol. The van der Waals surface area contributed by atoms with Gasteiger partial charge in [-0.2, -0.15) is 0 Å². The molecule has 0 aromatic carbocycles. The Hall–Kier alpha value is -0.410. The molecule has 1 aliphatic heterocycles. The van der Waals surface area contributed by atoms with Gasteiger partial charge in [-0.3, -0.25) is 9.69 Å². The van der Waals surface area contributed by atoms with Crippen LogP contribution in [0.2, 0.25) is 0 Å². The molecule has 106 valence electrons. The molecule has 0 aromatic heterocycles. The number of carbonyl (C=O) groups is 1. The topological polar surface area (TPSA) is 29.5 Å². The van der Waals surface area contributed by atoms with Gasteiger partial charge in [0.15, 0.2) is 5.78 Å². The largest absolute Gasteiger partial charge is 0.378 e. The van der Waals surface area contributed by atoms with Crippen molar-refractivity contribution in [2.45, 2.75) is 71.4 Å². The molecule has 1 saturated heterocycles. The predicted molar refractivity (Wildman–Crippen MR) is 74.8 cm³/mol. The molecule has 1 aliphatic rings. The van der Waals surface area contributed by atoms with Crippen LogP contribution in [0.3, 0.4) is 0 Å². The first-order valence-electron chi connectivity index (χ1n) is 7.48. The third kappa shape index (κ3) is 3.55. The fourth-order valence-corrected chi connectivity index (χ4v) is 2.95. The summed E-state index contributed by atoms with van der Waals surface area (Å²) in [6, 6.07) is 0. The van der Waals surface area contributed by atoms with Crippen LogP contribution in [0, 0.1) is 0 Å². The third-order valence-electron chi connectivity index (χ3n) is 4.47. The highest BCUT2D eigenvalue weighted by Crippen LogP contribution is 2.25. The Kier molecular flexibility index (Phi) is 6.30. The van der Waals surface area contributed by atoms with Crippen molar-refractivity contribution in [3.05, 3.63) is 0 Å². The highest BCUT2D eigenvalue weighted by Gasteiger charge is 2.35. The summed E-state index contributed by atoms with van der Waals surface area (Å²) < 4.78 is 5.60. The summed E-state index contributed by atoms with van der Waals surface area (Å²) in [4.78, 5) is 14.8. The first-order valence-corrected chi connectivity index (χ1v) is 7.48. The number of ether oxygens (including phenoxy) is 1. The van der Waals surface area contributed by atoms with Crippen LogP contribution in [0.5, 0.6) is 0 Å². The number of hydrogen-bond donors (Lipinski definition) is 0. The summed E-state index contributed by atoms with van der Waals surface area (Å²) in [5.74, 6) is 0.379.